The average molecular weight is 430 g/mol. The number of nitrogens with two attached hydrogens (primary N) is 4. The molecule has 0 atom stereocenters. The first kappa shape index (κ1) is 25.0. The second kappa shape index (κ2) is 11.7. The van der Waals surface area contributed by atoms with Crippen LogP contribution in [0, 0.1) is 0 Å². The number of aryl methyl sites for hydroxylation is 2. The van der Waals surface area contributed by atoms with Gasteiger partial charge in [0.1, 0.15) is 22.3 Å². The van der Waals surface area contributed by atoms with Crippen molar-refractivity contribution in [2.45, 2.75) is 0 Å². The van der Waals surface area contributed by atoms with Crippen LogP contribution in [0.25, 0.3) is 0 Å². The van der Waals surface area contributed by atoms with E-state index in [0.29, 0.717) is 11.9 Å². The molecule has 0 fully saturated rings. The predicted molar refractivity (Wildman–Crippen MR) is 89.2 cm³/mol. The Kier molecular flexibility index (Phi) is 9.72. The van der Waals surface area contributed by atoms with Crippen LogP contribution in [0.1, 0.15) is 0 Å². The van der Waals surface area contributed by atoms with Crippen molar-refractivity contribution >= 4 is 23.8 Å². The van der Waals surface area contributed by atoms with Gasteiger partial charge in [-0.15, -0.1) is 19.8 Å². The molecule has 0 aliphatic heterocycles. The topological polar surface area (TPSA) is 367 Å². The molecule has 24 heteroatoms. The lowest BCUT2D eigenvalue weighted by Gasteiger charge is -1.91. The molecule has 0 saturated heterocycles. The van der Waals surface area contributed by atoms with Crippen molar-refractivity contribution in [2.75, 3.05) is 23.2 Å². The lowest BCUT2D eigenvalue weighted by Crippen LogP contribution is -2.34. The molecule has 0 radical (unpaired) electrons. The maximum absolute atomic E-state index is 5.28. The number of azo groups is 1. The molecule has 24 nitrogen and oxygen atoms in total. The van der Waals surface area contributed by atoms with Crippen LogP contribution in [0.4, 0.5) is 23.8 Å². The summed E-state index contributed by atoms with van der Waals surface area (Å²) in [4.78, 5) is 2.00. The van der Waals surface area contributed by atoms with E-state index in [2.05, 4.69) is 72.3 Å². The molecular weight excluding hydrogens is 412 g/mol. The summed E-state index contributed by atoms with van der Waals surface area (Å²) in [5.74, 6) is 11.0. The van der Waals surface area contributed by atoms with Gasteiger partial charge in [0, 0.05) is 9.58 Å². The zero-order valence-corrected chi connectivity index (χ0v) is 15.4. The molecule has 0 amide bonds. The van der Waals surface area contributed by atoms with Gasteiger partial charge in [-0.3, -0.25) is 32.1 Å². The number of hydrogen-bond donors (Lipinski definition) is 4. The Bertz CT molecular complexity index is 860. The molecule has 0 bridgehead atoms. The Labute approximate surface area is 164 Å². The normalized spacial score (nSPS) is 9.53. The Morgan fingerprint density at radius 2 is 1.13 bits per heavy atom. The molecule has 0 aromatic carbocycles. The number of tetrazole rings is 4. The van der Waals surface area contributed by atoms with Crippen LogP contribution in [0.2, 0.25) is 0 Å². The fourth-order valence-corrected chi connectivity index (χ4v) is 1.14. The average Bonchev–Trinajstić information content (AvgIpc) is 3.48. The summed E-state index contributed by atoms with van der Waals surface area (Å²) in [5, 5.41) is 47.0. The van der Waals surface area contributed by atoms with E-state index in [-0.39, 0.29) is 22.8 Å². The largest absolute Gasteiger partial charge is 0.412 e. The smallest absolute Gasteiger partial charge is 0.385 e. The molecule has 0 aliphatic rings. The third-order valence-corrected chi connectivity index (χ3v) is 2.52. The van der Waals surface area contributed by atoms with Gasteiger partial charge in [0.2, 0.25) is 0 Å². The van der Waals surface area contributed by atoms with E-state index >= 15 is 0 Å². The summed E-state index contributed by atoms with van der Waals surface area (Å²) in [6.07, 6.45) is 0. The minimum atomic E-state index is 0. The van der Waals surface area contributed by atoms with Crippen molar-refractivity contribution in [2.24, 2.45) is 24.3 Å². The minimum Gasteiger partial charge on any atom is -0.412 e. The zero-order chi connectivity index (χ0) is 20.5. The van der Waals surface area contributed by atoms with E-state index in [9.17, 15) is 0 Å². The van der Waals surface area contributed by atoms with E-state index in [0.717, 1.165) is 9.58 Å². The maximum atomic E-state index is 5.28. The van der Waals surface area contributed by atoms with Crippen molar-refractivity contribution in [1.29, 1.82) is 0 Å². The number of hydrogen-bond acceptors (Lipinski definition) is 16. The highest BCUT2D eigenvalue weighted by Gasteiger charge is 2.07. The first-order valence-electron chi connectivity index (χ1n) is 6.82. The van der Waals surface area contributed by atoms with Gasteiger partial charge < -0.3 is 22.4 Å². The van der Waals surface area contributed by atoms with Gasteiger partial charge in [0.25, 0.3) is 0 Å². The Hall–Kier alpha value is -5.00. The number of nitrogens with zero attached hydrogens (tertiary/aromatic N) is 18. The van der Waals surface area contributed by atoms with Gasteiger partial charge in [-0.05, 0) is 0 Å². The van der Waals surface area contributed by atoms with Crippen LogP contribution in [0.15, 0.2) is 10.2 Å². The van der Waals surface area contributed by atoms with E-state index in [4.69, 9.17) is 23.2 Å². The molecule has 30 heavy (non-hydrogen) atoms. The molecule has 0 aliphatic carbocycles. The highest BCUT2D eigenvalue weighted by molar-refractivity contribution is 5.10. The van der Waals surface area contributed by atoms with Crippen LogP contribution in [0.3, 0.4) is 0 Å². The van der Waals surface area contributed by atoms with E-state index < -0.39 is 0 Å². The lowest BCUT2D eigenvalue weighted by molar-refractivity contribution is -0.718. The van der Waals surface area contributed by atoms with E-state index in [1.165, 1.54) is 9.36 Å². The molecule has 0 saturated carbocycles. The Morgan fingerprint density at radius 1 is 0.767 bits per heavy atom. The summed E-state index contributed by atoms with van der Waals surface area (Å²) in [6, 6.07) is 0. The van der Waals surface area contributed by atoms with Crippen molar-refractivity contribution in [3.63, 3.8) is 0 Å². The first-order chi connectivity index (χ1) is 13.4. The molecule has 4 aromatic heterocycles. The Morgan fingerprint density at radius 3 is 1.30 bits per heavy atom. The van der Waals surface area contributed by atoms with Gasteiger partial charge in [-0.25, -0.2) is 10.2 Å². The van der Waals surface area contributed by atoms with Crippen LogP contribution in [0.5, 0.6) is 0 Å². The molecule has 0 unspecified atom stereocenters. The second-order valence-electron chi connectivity index (χ2n) is 4.37. The molecule has 12 N–H and O–H groups in total. The number of nitrogen functional groups attached to an aromatic ring is 4. The predicted octanol–water partition coefficient (Wildman–Crippen LogP) is -8.47. The fourth-order valence-electron chi connectivity index (χ4n) is 1.14. The van der Waals surface area contributed by atoms with E-state index in [1.54, 1.807) is 14.1 Å². The van der Waals surface area contributed by atoms with Crippen LogP contribution in [-0.4, -0.2) is 72.4 Å². The highest BCUT2D eigenvalue weighted by Crippen LogP contribution is 2.03. The van der Waals surface area contributed by atoms with Gasteiger partial charge in [-0.2, -0.15) is 10.4 Å². The van der Waals surface area contributed by atoms with Gasteiger partial charge in [0.05, 0.1) is 24.5 Å². The van der Waals surface area contributed by atoms with Gasteiger partial charge in [0.15, 0.2) is 0 Å². The summed E-state index contributed by atoms with van der Waals surface area (Å²) < 4.78 is 2.75. The highest BCUT2D eigenvalue weighted by atomic mass is 16.0. The minimum absolute atomic E-state index is 0. The molecule has 4 heterocycles. The van der Waals surface area contributed by atoms with Gasteiger partial charge in [-0.1, -0.05) is 0 Å². The molecular formula is C6H18N22O2. The van der Waals surface area contributed by atoms with Crippen LogP contribution < -0.4 is 42.7 Å². The molecule has 0 spiro atoms. The second-order valence-corrected chi connectivity index (χ2v) is 4.37. The zero-order valence-electron chi connectivity index (χ0n) is 15.4. The number of aromatic nitrogens is 16. The summed E-state index contributed by atoms with van der Waals surface area (Å²) in [6.45, 7) is 0. The molecule has 4 aromatic rings. The van der Waals surface area contributed by atoms with E-state index in [1.807, 2.05) is 0 Å². The molecule has 4 rings (SSSR count). The summed E-state index contributed by atoms with van der Waals surface area (Å²) in [7, 11) is 3.32. The fraction of sp³-hybridized carbons (Fsp3) is 0.333. The third kappa shape index (κ3) is 6.96. The van der Waals surface area contributed by atoms with Crippen molar-refractivity contribution in [3.05, 3.63) is 0 Å². The molecule has 164 valence electrons. The maximum Gasteiger partial charge on any atom is 0.385 e. The summed E-state index contributed by atoms with van der Waals surface area (Å²) >= 11 is 0. The van der Waals surface area contributed by atoms with Crippen LogP contribution >= 0.6 is 0 Å². The summed E-state index contributed by atoms with van der Waals surface area (Å²) in [5.41, 5.74) is 10.6. The SMILES string of the molecule is C[n+]1nnn(N)c1N.C[n+]1nnn(N)c1N.N(=N\c1nnn[n-]1)/c1nnn[n-]1.O.O. The Balaban J connectivity index is 0.000000420. The standard InChI is InChI=1S/C2N10.2C2H6N6.2H2O/c3(1-5-9-10-6-1)4-2-7-11-12-8-2;2*1-7-2(3)8(4)6-5-7;;/h;2*3H,4H2,1H3;2*1H2/q-2;;;;/p+2/b4-3+;;;;. The van der Waals surface area contributed by atoms with Gasteiger partial charge >= 0.3 is 11.9 Å². The van der Waals surface area contributed by atoms with Crippen molar-refractivity contribution in [1.82, 2.24) is 71.7 Å². The van der Waals surface area contributed by atoms with Crippen molar-refractivity contribution < 1.29 is 20.3 Å². The third-order valence-electron chi connectivity index (χ3n) is 2.52. The quantitative estimate of drug-likeness (QED) is 0.130. The lowest BCUT2D eigenvalue weighted by atomic mass is 11.0. The van der Waals surface area contributed by atoms with Crippen molar-refractivity contribution in [3.8, 4) is 0 Å². The monoisotopic (exact) mass is 430 g/mol. The first-order valence-corrected chi connectivity index (χ1v) is 6.82. The number of anilines is 2. The number of rotatable bonds is 2. The van der Waals surface area contributed by atoms with Crippen LogP contribution in [-0.2, 0) is 14.1 Å².